The first-order valence-electron chi connectivity index (χ1n) is 4.82. The van der Waals surface area contributed by atoms with Crippen LogP contribution in [0.3, 0.4) is 0 Å². The standard InChI is InChI=1S/C11H13NO2/c13-9-5-7-12(8-6-9)10-3-1-2-4-11(10)14/h1-4,14H,5-8H2. The lowest BCUT2D eigenvalue weighted by atomic mass is 10.1. The molecule has 1 saturated heterocycles. The van der Waals surface area contributed by atoms with Crippen molar-refractivity contribution in [2.45, 2.75) is 12.8 Å². The lowest BCUT2D eigenvalue weighted by Crippen LogP contribution is -2.33. The van der Waals surface area contributed by atoms with Crippen molar-refractivity contribution in [1.29, 1.82) is 0 Å². The number of phenolic OH excluding ortho intramolecular Hbond substituents is 1. The molecule has 0 bridgehead atoms. The van der Waals surface area contributed by atoms with Crippen molar-refractivity contribution >= 4 is 11.5 Å². The lowest BCUT2D eigenvalue weighted by Gasteiger charge is -2.28. The van der Waals surface area contributed by atoms with Crippen LogP contribution < -0.4 is 4.90 Å². The molecule has 3 nitrogen and oxygen atoms in total. The summed E-state index contributed by atoms with van der Waals surface area (Å²) >= 11 is 0. The van der Waals surface area contributed by atoms with Crippen molar-refractivity contribution in [3.05, 3.63) is 24.3 Å². The minimum Gasteiger partial charge on any atom is -0.506 e. The molecular formula is C11H13NO2. The maximum atomic E-state index is 11.0. The van der Waals surface area contributed by atoms with Crippen LogP contribution in [0.15, 0.2) is 24.3 Å². The van der Waals surface area contributed by atoms with Crippen molar-refractivity contribution < 1.29 is 9.90 Å². The molecule has 0 saturated carbocycles. The van der Waals surface area contributed by atoms with E-state index in [9.17, 15) is 9.90 Å². The number of aromatic hydroxyl groups is 1. The molecule has 0 aliphatic carbocycles. The molecule has 1 N–H and O–H groups in total. The fourth-order valence-corrected chi connectivity index (χ4v) is 1.73. The molecule has 1 aliphatic rings. The second-order valence-electron chi connectivity index (χ2n) is 3.51. The molecule has 1 aliphatic heterocycles. The van der Waals surface area contributed by atoms with Crippen molar-refractivity contribution in [2.24, 2.45) is 0 Å². The molecule has 14 heavy (non-hydrogen) atoms. The van der Waals surface area contributed by atoms with Crippen LogP contribution in [0.2, 0.25) is 0 Å². The van der Waals surface area contributed by atoms with Crippen LogP contribution in [0.1, 0.15) is 12.8 Å². The van der Waals surface area contributed by atoms with Gasteiger partial charge in [0.15, 0.2) is 0 Å². The Morgan fingerprint density at radius 3 is 2.43 bits per heavy atom. The molecule has 1 heterocycles. The Morgan fingerprint density at radius 2 is 1.79 bits per heavy atom. The highest BCUT2D eigenvalue weighted by Gasteiger charge is 2.17. The summed E-state index contributed by atoms with van der Waals surface area (Å²) in [6.07, 6.45) is 1.18. The van der Waals surface area contributed by atoms with Gasteiger partial charge in [-0.3, -0.25) is 4.79 Å². The zero-order valence-electron chi connectivity index (χ0n) is 7.94. The predicted octanol–water partition coefficient (Wildman–Crippen LogP) is 1.56. The van der Waals surface area contributed by atoms with Crippen molar-refractivity contribution in [3.63, 3.8) is 0 Å². The molecule has 74 valence electrons. The van der Waals surface area contributed by atoms with E-state index in [0.29, 0.717) is 24.4 Å². The van der Waals surface area contributed by atoms with Gasteiger partial charge in [0, 0.05) is 25.9 Å². The number of phenols is 1. The highest BCUT2D eigenvalue weighted by atomic mass is 16.3. The smallest absolute Gasteiger partial charge is 0.138 e. The SMILES string of the molecule is O=C1CCN(c2ccccc2O)CC1. The van der Waals surface area contributed by atoms with Gasteiger partial charge in [0.1, 0.15) is 11.5 Å². The molecule has 1 fully saturated rings. The number of ketones is 1. The zero-order chi connectivity index (χ0) is 9.97. The summed E-state index contributed by atoms with van der Waals surface area (Å²) in [5, 5.41) is 9.60. The van der Waals surface area contributed by atoms with Gasteiger partial charge >= 0.3 is 0 Å². The number of piperidine rings is 1. The van der Waals surface area contributed by atoms with Gasteiger partial charge in [-0.15, -0.1) is 0 Å². The van der Waals surface area contributed by atoms with Gasteiger partial charge in [-0.1, -0.05) is 12.1 Å². The molecule has 0 aromatic heterocycles. The van der Waals surface area contributed by atoms with Gasteiger partial charge in [0.05, 0.1) is 5.69 Å². The molecule has 0 spiro atoms. The minimum atomic E-state index is 0.293. The van der Waals surface area contributed by atoms with Crippen LogP contribution in [0.25, 0.3) is 0 Å². The highest BCUT2D eigenvalue weighted by molar-refractivity contribution is 5.81. The molecule has 0 amide bonds. The van der Waals surface area contributed by atoms with E-state index < -0.39 is 0 Å². The molecule has 3 heteroatoms. The highest BCUT2D eigenvalue weighted by Crippen LogP contribution is 2.27. The average molecular weight is 191 g/mol. The van der Waals surface area contributed by atoms with Crippen LogP contribution in [0, 0.1) is 0 Å². The van der Waals surface area contributed by atoms with Crippen LogP contribution in [0.4, 0.5) is 5.69 Å². The third kappa shape index (κ3) is 1.71. The number of hydrogen-bond acceptors (Lipinski definition) is 3. The van der Waals surface area contributed by atoms with Gasteiger partial charge in [-0.2, -0.15) is 0 Å². The summed E-state index contributed by atoms with van der Waals surface area (Å²) in [5.74, 6) is 0.610. The number of hydrogen-bond donors (Lipinski definition) is 1. The number of para-hydroxylation sites is 2. The Balaban J connectivity index is 2.16. The number of nitrogens with zero attached hydrogens (tertiary/aromatic N) is 1. The fourth-order valence-electron chi connectivity index (χ4n) is 1.73. The quantitative estimate of drug-likeness (QED) is 0.732. The second-order valence-corrected chi connectivity index (χ2v) is 3.51. The average Bonchev–Trinajstić information content (AvgIpc) is 2.20. The summed E-state index contributed by atoms with van der Waals surface area (Å²) in [6.45, 7) is 1.44. The molecule has 1 aromatic rings. The van der Waals surface area contributed by atoms with Crippen LogP contribution in [0.5, 0.6) is 5.75 Å². The van der Waals surface area contributed by atoms with Gasteiger partial charge in [-0.25, -0.2) is 0 Å². The maximum absolute atomic E-state index is 11.0. The van der Waals surface area contributed by atoms with E-state index in [1.165, 1.54) is 0 Å². The molecular weight excluding hydrogens is 178 g/mol. The summed E-state index contributed by atoms with van der Waals surface area (Å²) < 4.78 is 0. The van der Waals surface area contributed by atoms with E-state index in [0.717, 1.165) is 18.8 Å². The Hall–Kier alpha value is -1.51. The van der Waals surface area contributed by atoms with E-state index in [1.54, 1.807) is 12.1 Å². The second kappa shape index (κ2) is 3.70. The third-order valence-corrected chi connectivity index (χ3v) is 2.54. The Kier molecular flexibility index (Phi) is 2.39. The zero-order valence-corrected chi connectivity index (χ0v) is 7.94. The molecule has 2 rings (SSSR count). The van der Waals surface area contributed by atoms with Gasteiger partial charge in [-0.05, 0) is 12.1 Å². The van der Waals surface area contributed by atoms with Crippen molar-refractivity contribution in [2.75, 3.05) is 18.0 Å². The number of benzene rings is 1. The first-order chi connectivity index (χ1) is 6.77. The van der Waals surface area contributed by atoms with Crippen molar-refractivity contribution in [1.82, 2.24) is 0 Å². The summed E-state index contributed by atoms with van der Waals surface area (Å²) in [6, 6.07) is 7.25. The normalized spacial score (nSPS) is 17.1. The maximum Gasteiger partial charge on any atom is 0.138 e. The summed E-state index contributed by atoms with van der Waals surface area (Å²) in [5.41, 5.74) is 0.833. The monoisotopic (exact) mass is 191 g/mol. The Labute approximate surface area is 83.0 Å². The topological polar surface area (TPSA) is 40.5 Å². The van der Waals surface area contributed by atoms with E-state index in [-0.39, 0.29) is 0 Å². The fraction of sp³-hybridized carbons (Fsp3) is 0.364. The Bertz CT molecular complexity index is 339. The number of anilines is 1. The predicted molar refractivity (Wildman–Crippen MR) is 54.6 cm³/mol. The van der Waals surface area contributed by atoms with E-state index >= 15 is 0 Å². The molecule has 1 aromatic carbocycles. The van der Waals surface area contributed by atoms with Crippen LogP contribution >= 0.6 is 0 Å². The van der Waals surface area contributed by atoms with Crippen LogP contribution in [-0.2, 0) is 4.79 Å². The van der Waals surface area contributed by atoms with Gasteiger partial charge in [0.25, 0.3) is 0 Å². The van der Waals surface area contributed by atoms with Crippen LogP contribution in [-0.4, -0.2) is 24.0 Å². The number of carbonyl (C=O) groups is 1. The summed E-state index contributed by atoms with van der Waals surface area (Å²) in [7, 11) is 0. The van der Waals surface area contributed by atoms with Gasteiger partial charge in [0.2, 0.25) is 0 Å². The molecule has 0 atom stereocenters. The third-order valence-electron chi connectivity index (χ3n) is 2.54. The largest absolute Gasteiger partial charge is 0.506 e. The molecule has 0 radical (unpaired) electrons. The number of rotatable bonds is 1. The lowest BCUT2D eigenvalue weighted by molar-refractivity contribution is -0.119. The number of Topliss-reactive ketones (excluding diaryl/α,β-unsaturated/α-hetero) is 1. The Morgan fingerprint density at radius 1 is 1.14 bits per heavy atom. The van der Waals surface area contributed by atoms with E-state index in [4.69, 9.17) is 0 Å². The first kappa shape index (κ1) is 9.06. The van der Waals surface area contributed by atoms with Crippen molar-refractivity contribution in [3.8, 4) is 5.75 Å². The summed E-state index contributed by atoms with van der Waals surface area (Å²) in [4.78, 5) is 13.1. The minimum absolute atomic E-state index is 0.293. The molecule has 0 unspecified atom stereocenters. The first-order valence-corrected chi connectivity index (χ1v) is 4.82. The van der Waals surface area contributed by atoms with E-state index in [2.05, 4.69) is 4.90 Å². The van der Waals surface area contributed by atoms with E-state index in [1.807, 2.05) is 12.1 Å². The number of carbonyl (C=O) groups excluding carboxylic acids is 1. The van der Waals surface area contributed by atoms with Gasteiger partial charge < -0.3 is 10.0 Å².